The first kappa shape index (κ1) is 15.8. The number of ether oxygens (including phenoxy) is 2. The minimum absolute atomic E-state index is 0.0149. The van der Waals surface area contributed by atoms with Crippen LogP contribution in [-0.4, -0.2) is 38.3 Å². The van der Waals surface area contributed by atoms with E-state index in [1.165, 1.54) is 0 Å². The summed E-state index contributed by atoms with van der Waals surface area (Å²) in [5.41, 5.74) is 6.42. The van der Waals surface area contributed by atoms with Crippen LogP contribution in [0.4, 0.5) is 5.69 Å². The monoisotopic (exact) mass is 292 g/mol. The largest absolute Gasteiger partial charge is 0.497 e. The zero-order chi connectivity index (χ0) is 15.2. The Morgan fingerprint density at radius 1 is 1.48 bits per heavy atom. The fraction of sp³-hybridized carbons (Fsp3) is 0.562. The number of rotatable bonds is 6. The summed E-state index contributed by atoms with van der Waals surface area (Å²) in [4.78, 5) is 14.5. The van der Waals surface area contributed by atoms with Crippen molar-refractivity contribution in [1.29, 1.82) is 0 Å². The summed E-state index contributed by atoms with van der Waals surface area (Å²) >= 11 is 0. The van der Waals surface area contributed by atoms with Crippen molar-refractivity contribution in [3.8, 4) is 5.75 Å². The number of amides is 1. The lowest BCUT2D eigenvalue weighted by Crippen LogP contribution is -2.40. The van der Waals surface area contributed by atoms with Gasteiger partial charge in [-0.25, -0.2) is 0 Å². The zero-order valence-corrected chi connectivity index (χ0v) is 12.7. The van der Waals surface area contributed by atoms with E-state index < -0.39 is 0 Å². The maximum atomic E-state index is 12.7. The molecule has 1 amide bonds. The van der Waals surface area contributed by atoms with Gasteiger partial charge in [-0.1, -0.05) is 6.07 Å². The van der Waals surface area contributed by atoms with Crippen LogP contribution in [0.25, 0.3) is 0 Å². The lowest BCUT2D eigenvalue weighted by Gasteiger charge is -2.26. The lowest BCUT2D eigenvalue weighted by molar-refractivity contribution is -0.129. The molecule has 1 heterocycles. The Morgan fingerprint density at radius 3 is 2.90 bits per heavy atom. The van der Waals surface area contributed by atoms with Gasteiger partial charge < -0.3 is 20.1 Å². The Balaban J connectivity index is 2.18. The molecule has 5 heteroatoms. The summed E-state index contributed by atoms with van der Waals surface area (Å²) < 4.78 is 10.9. The average Bonchev–Trinajstić information content (AvgIpc) is 2.94. The van der Waals surface area contributed by atoms with Crippen molar-refractivity contribution in [1.82, 2.24) is 0 Å². The van der Waals surface area contributed by atoms with Gasteiger partial charge in [0.25, 0.3) is 5.91 Å². The first-order valence-corrected chi connectivity index (χ1v) is 7.46. The van der Waals surface area contributed by atoms with E-state index in [2.05, 4.69) is 0 Å². The van der Waals surface area contributed by atoms with Gasteiger partial charge in [0.1, 0.15) is 11.9 Å². The lowest BCUT2D eigenvalue weighted by atomic mass is 10.1. The van der Waals surface area contributed by atoms with Crippen molar-refractivity contribution in [2.45, 2.75) is 38.4 Å². The van der Waals surface area contributed by atoms with Crippen molar-refractivity contribution >= 4 is 11.6 Å². The molecule has 0 spiro atoms. The highest BCUT2D eigenvalue weighted by Gasteiger charge is 2.32. The number of anilines is 1. The molecule has 1 aromatic rings. The Hall–Kier alpha value is -1.59. The van der Waals surface area contributed by atoms with E-state index in [9.17, 15) is 4.79 Å². The van der Waals surface area contributed by atoms with E-state index in [1.54, 1.807) is 12.0 Å². The van der Waals surface area contributed by atoms with Gasteiger partial charge in [-0.2, -0.15) is 0 Å². The third kappa shape index (κ3) is 3.95. The average molecular weight is 292 g/mol. The molecule has 2 atom stereocenters. The van der Waals surface area contributed by atoms with Gasteiger partial charge in [0.15, 0.2) is 0 Å². The third-order valence-electron chi connectivity index (χ3n) is 3.72. The van der Waals surface area contributed by atoms with E-state index in [-0.39, 0.29) is 18.1 Å². The molecule has 0 aliphatic carbocycles. The quantitative estimate of drug-likeness (QED) is 0.870. The molecular formula is C16H24N2O3. The van der Waals surface area contributed by atoms with Crippen LogP contribution in [0.3, 0.4) is 0 Å². The first-order valence-electron chi connectivity index (χ1n) is 7.46. The molecule has 0 saturated carbocycles. The number of carbonyl (C=O) groups is 1. The number of nitrogens with zero attached hydrogens (tertiary/aromatic N) is 1. The molecule has 1 aromatic carbocycles. The predicted molar refractivity (Wildman–Crippen MR) is 82.6 cm³/mol. The summed E-state index contributed by atoms with van der Waals surface area (Å²) in [7, 11) is 1.62. The Kier molecular flexibility index (Phi) is 5.59. The van der Waals surface area contributed by atoms with Crippen LogP contribution in [0.15, 0.2) is 24.3 Å². The molecule has 2 rings (SSSR count). The second-order valence-corrected chi connectivity index (χ2v) is 5.35. The topological polar surface area (TPSA) is 64.8 Å². The molecule has 1 aliphatic heterocycles. The zero-order valence-electron chi connectivity index (χ0n) is 12.7. The fourth-order valence-corrected chi connectivity index (χ4v) is 2.55. The second-order valence-electron chi connectivity index (χ2n) is 5.35. The highest BCUT2D eigenvalue weighted by atomic mass is 16.5. The highest BCUT2D eigenvalue weighted by Crippen LogP contribution is 2.26. The van der Waals surface area contributed by atoms with E-state index in [0.717, 1.165) is 30.7 Å². The van der Waals surface area contributed by atoms with Crippen molar-refractivity contribution in [2.75, 3.05) is 25.1 Å². The van der Waals surface area contributed by atoms with Crippen molar-refractivity contribution in [3.05, 3.63) is 24.3 Å². The number of methoxy groups -OCH3 is 1. The number of benzene rings is 1. The van der Waals surface area contributed by atoms with E-state index >= 15 is 0 Å². The Bertz CT molecular complexity index is 478. The van der Waals surface area contributed by atoms with Gasteiger partial charge in [0, 0.05) is 18.3 Å². The van der Waals surface area contributed by atoms with Crippen LogP contribution in [-0.2, 0) is 9.53 Å². The standard InChI is InChI=1S/C16H24N2O3/c1-12-7-8-15(21-12)16(19)18(10-4-9-17)13-5-3-6-14(11-13)20-2/h3,5-6,11-12,15H,4,7-10,17H2,1-2H3. The molecule has 2 unspecified atom stereocenters. The van der Waals surface area contributed by atoms with Gasteiger partial charge in [-0.05, 0) is 44.9 Å². The summed E-state index contributed by atoms with van der Waals surface area (Å²) in [5.74, 6) is 0.750. The molecule has 1 saturated heterocycles. The second kappa shape index (κ2) is 7.43. The maximum absolute atomic E-state index is 12.7. The maximum Gasteiger partial charge on any atom is 0.256 e. The van der Waals surface area contributed by atoms with Gasteiger partial charge in [0.2, 0.25) is 0 Å². The molecule has 21 heavy (non-hydrogen) atoms. The smallest absolute Gasteiger partial charge is 0.256 e. The minimum atomic E-state index is -0.344. The highest BCUT2D eigenvalue weighted by molar-refractivity contribution is 5.96. The predicted octanol–water partition coefficient (Wildman–Crippen LogP) is 1.94. The van der Waals surface area contributed by atoms with Crippen molar-refractivity contribution < 1.29 is 14.3 Å². The van der Waals surface area contributed by atoms with Crippen LogP contribution >= 0.6 is 0 Å². The number of carbonyl (C=O) groups excluding carboxylic acids is 1. The molecular weight excluding hydrogens is 268 g/mol. The third-order valence-corrected chi connectivity index (χ3v) is 3.72. The van der Waals surface area contributed by atoms with Gasteiger partial charge in [0.05, 0.1) is 13.2 Å². The fourth-order valence-electron chi connectivity index (χ4n) is 2.55. The summed E-state index contributed by atoms with van der Waals surface area (Å²) in [6.45, 7) is 3.15. The molecule has 0 radical (unpaired) electrons. The van der Waals surface area contributed by atoms with Crippen molar-refractivity contribution in [2.24, 2.45) is 5.73 Å². The molecule has 116 valence electrons. The van der Waals surface area contributed by atoms with E-state index in [0.29, 0.717) is 13.1 Å². The Labute approximate surface area is 126 Å². The summed E-state index contributed by atoms with van der Waals surface area (Å²) in [6.07, 6.45) is 2.28. The molecule has 1 fully saturated rings. The first-order chi connectivity index (χ1) is 10.2. The van der Waals surface area contributed by atoms with Gasteiger partial charge in [-0.3, -0.25) is 4.79 Å². The molecule has 0 bridgehead atoms. The minimum Gasteiger partial charge on any atom is -0.497 e. The van der Waals surface area contributed by atoms with Crippen LogP contribution in [0.5, 0.6) is 5.75 Å². The Morgan fingerprint density at radius 2 is 2.29 bits per heavy atom. The van der Waals surface area contributed by atoms with Crippen LogP contribution in [0.2, 0.25) is 0 Å². The summed E-state index contributed by atoms with van der Waals surface area (Å²) in [6, 6.07) is 7.53. The molecule has 0 aromatic heterocycles. The summed E-state index contributed by atoms with van der Waals surface area (Å²) in [5, 5.41) is 0. The normalized spacial score (nSPS) is 21.3. The van der Waals surface area contributed by atoms with Crippen LogP contribution < -0.4 is 15.4 Å². The van der Waals surface area contributed by atoms with Crippen molar-refractivity contribution in [3.63, 3.8) is 0 Å². The van der Waals surface area contributed by atoms with Crippen LogP contribution in [0, 0.1) is 0 Å². The number of hydrogen-bond acceptors (Lipinski definition) is 4. The molecule has 1 aliphatic rings. The van der Waals surface area contributed by atoms with Gasteiger partial charge >= 0.3 is 0 Å². The molecule has 2 N–H and O–H groups in total. The van der Waals surface area contributed by atoms with E-state index in [1.807, 2.05) is 31.2 Å². The number of nitrogens with two attached hydrogens (primary N) is 1. The van der Waals surface area contributed by atoms with Gasteiger partial charge in [-0.15, -0.1) is 0 Å². The van der Waals surface area contributed by atoms with E-state index in [4.69, 9.17) is 15.2 Å². The SMILES string of the molecule is COc1cccc(N(CCCN)C(=O)C2CCC(C)O2)c1. The van der Waals surface area contributed by atoms with Crippen LogP contribution in [0.1, 0.15) is 26.2 Å². The number of hydrogen-bond donors (Lipinski definition) is 1. The molecule has 5 nitrogen and oxygen atoms in total.